The summed E-state index contributed by atoms with van der Waals surface area (Å²) >= 11 is 0. The molecule has 0 radical (unpaired) electrons. The highest BCUT2D eigenvalue weighted by Gasteiger charge is 2.22. The Kier molecular flexibility index (Phi) is 6.00. The van der Waals surface area contributed by atoms with Crippen LogP contribution in [-0.2, 0) is 0 Å². The van der Waals surface area contributed by atoms with Crippen LogP contribution in [0.2, 0.25) is 0 Å². The molecular weight excluding hydrogens is 260 g/mol. The molecule has 2 rings (SSSR count). The van der Waals surface area contributed by atoms with E-state index in [4.69, 9.17) is 0 Å². The highest BCUT2D eigenvalue weighted by Crippen LogP contribution is 2.23. The monoisotopic (exact) mass is 290 g/mol. The Balaban J connectivity index is 2.02. The summed E-state index contributed by atoms with van der Waals surface area (Å²) in [7, 11) is 2.19. The minimum Gasteiger partial charge on any atom is -0.357 e. The fraction of sp³-hybridized carbons (Fsp3) is 0.706. The van der Waals surface area contributed by atoms with Crippen molar-refractivity contribution in [3.8, 4) is 0 Å². The number of anilines is 1. The van der Waals surface area contributed by atoms with Gasteiger partial charge in [-0.15, -0.1) is 0 Å². The van der Waals surface area contributed by atoms with Gasteiger partial charge in [-0.2, -0.15) is 0 Å². The van der Waals surface area contributed by atoms with Crippen molar-refractivity contribution in [3.63, 3.8) is 0 Å². The van der Waals surface area contributed by atoms with Crippen LogP contribution in [0.25, 0.3) is 0 Å². The molecule has 1 N–H and O–H groups in total. The zero-order valence-corrected chi connectivity index (χ0v) is 14.0. The van der Waals surface area contributed by atoms with Crippen molar-refractivity contribution in [2.75, 3.05) is 38.1 Å². The highest BCUT2D eigenvalue weighted by atomic mass is 15.2. The summed E-state index contributed by atoms with van der Waals surface area (Å²) in [6.45, 7) is 11.2. The van der Waals surface area contributed by atoms with Crippen molar-refractivity contribution in [3.05, 3.63) is 23.9 Å². The van der Waals surface area contributed by atoms with Crippen molar-refractivity contribution in [2.24, 2.45) is 0 Å². The molecule has 0 aliphatic carbocycles. The lowest BCUT2D eigenvalue weighted by molar-refractivity contribution is 0.220. The molecule has 0 spiro atoms. The molecule has 0 amide bonds. The average Bonchev–Trinajstić information content (AvgIpc) is 2.54. The van der Waals surface area contributed by atoms with Gasteiger partial charge in [0.05, 0.1) is 0 Å². The molecule has 4 nitrogen and oxygen atoms in total. The Bertz CT molecular complexity index is 427. The number of likely N-dealkylation sites (tertiary alicyclic amines) is 1. The number of nitrogens with zero attached hydrogens (tertiary/aromatic N) is 3. The lowest BCUT2D eigenvalue weighted by Gasteiger charge is -2.37. The third-order valence-corrected chi connectivity index (χ3v) is 4.69. The van der Waals surface area contributed by atoms with Crippen LogP contribution in [0.4, 0.5) is 5.82 Å². The second-order valence-corrected chi connectivity index (χ2v) is 6.00. The van der Waals surface area contributed by atoms with Gasteiger partial charge in [-0.05, 0) is 50.6 Å². The van der Waals surface area contributed by atoms with E-state index in [1.165, 1.54) is 38.0 Å². The first-order valence-corrected chi connectivity index (χ1v) is 8.30. The fourth-order valence-corrected chi connectivity index (χ4v) is 3.13. The van der Waals surface area contributed by atoms with Crippen LogP contribution >= 0.6 is 0 Å². The Morgan fingerprint density at radius 3 is 2.71 bits per heavy atom. The van der Waals surface area contributed by atoms with Gasteiger partial charge < -0.3 is 15.1 Å². The quantitative estimate of drug-likeness (QED) is 0.873. The summed E-state index contributed by atoms with van der Waals surface area (Å²) in [5.41, 5.74) is 1.32. The molecule has 2 heterocycles. The van der Waals surface area contributed by atoms with Gasteiger partial charge in [0.15, 0.2) is 0 Å². The van der Waals surface area contributed by atoms with Crippen molar-refractivity contribution < 1.29 is 0 Å². The number of nitrogens with one attached hydrogen (secondary N) is 1. The predicted molar refractivity (Wildman–Crippen MR) is 89.9 cm³/mol. The molecule has 1 aromatic heterocycles. The third-order valence-electron chi connectivity index (χ3n) is 4.69. The summed E-state index contributed by atoms with van der Waals surface area (Å²) in [6.07, 6.45) is 4.41. The van der Waals surface area contributed by atoms with Crippen molar-refractivity contribution in [2.45, 2.75) is 45.7 Å². The van der Waals surface area contributed by atoms with Crippen LogP contribution < -0.4 is 10.2 Å². The van der Waals surface area contributed by atoms with E-state index in [1.54, 1.807) is 0 Å². The van der Waals surface area contributed by atoms with Crippen LogP contribution in [0.1, 0.15) is 45.2 Å². The number of hydrogen-bond acceptors (Lipinski definition) is 4. The van der Waals surface area contributed by atoms with E-state index in [9.17, 15) is 0 Å². The lowest BCUT2D eigenvalue weighted by atomic mass is 10.0. The predicted octanol–water partition coefficient (Wildman–Crippen LogP) is 2.67. The third kappa shape index (κ3) is 4.17. The molecule has 1 aliphatic rings. The van der Waals surface area contributed by atoms with E-state index in [1.807, 2.05) is 6.20 Å². The molecular formula is C17H30N4. The normalized spacial score (nSPS) is 18.7. The average molecular weight is 290 g/mol. The number of hydrogen-bond donors (Lipinski definition) is 1. The minimum absolute atomic E-state index is 0.382. The van der Waals surface area contributed by atoms with Gasteiger partial charge in [-0.25, -0.2) is 4.98 Å². The topological polar surface area (TPSA) is 31.4 Å². The Morgan fingerprint density at radius 2 is 2.10 bits per heavy atom. The van der Waals surface area contributed by atoms with Crippen molar-refractivity contribution >= 4 is 5.82 Å². The number of aromatic nitrogens is 1. The maximum atomic E-state index is 4.58. The zero-order valence-electron chi connectivity index (χ0n) is 14.0. The van der Waals surface area contributed by atoms with Gasteiger partial charge in [0, 0.05) is 38.4 Å². The van der Waals surface area contributed by atoms with Gasteiger partial charge in [-0.1, -0.05) is 13.8 Å². The Morgan fingerprint density at radius 1 is 1.38 bits per heavy atom. The molecule has 1 aliphatic heterocycles. The summed E-state index contributed by atoms with van der Waals surface area (Å²) in [5.74, 6) is 1.10. The van der Waals surface area contributed by atoms with E-state index >= 15 is 0 Å². The summed E-state index contributed by atoms with van der Waals surface area (Å²) in [6, 6.07) is 5.35. The Hall–Kier alpha value is -1.13. The molecule has 1 aromatic rings. The van der Waals surface area contributed by atoms with Crippen LogP contribution in [0.5, 0.6) is 0 Å². The number of piperidine rings is 1. The number of rotatable bonds is 6. The molecule has 118 valence electrons. The van der Waals surface area contributed by atoms with Crippen molar-refractivity contribution in [1.29, 1.82) is 0 Å². The molecule has 1 fully saturated rings. The lowest BCUT2D eigenvalue weighted by Crippen LogP contribution is -2.43. The maximum absolute atomic E-state index is 4.58. The van der Waals surface area contributed by atoms with E-state index < -0.39 is 0 Å². The van der Waals surface area contributed by atoms with Crippen LogP contribution in [0, 0.1) is 0 Å². The van der Waals surface area contributed by atoms with Gasteiger partial charge in [0.1, 0.15) is 5.82 Å². The molecule has 0 bridgehead atoms. The van der Waals surface area contributed by atoms with Crippen LogP contribution in [0.3, 0.4) is 0 Å². The van der Waals surface area contributed by atoms with E-state index in [-0.39, 0.29) is 0 Å². The smallest absolute Gasteiger partial charge is 0.128 e. The molecule has 21 heavy (non-hydrogen) atoms. The molecule has 0 saturated carbocycles. The van der Waals surface area contributed by atoms with Crippen LogP contribution in [0.15, 0.2) is 18.3 Å². The first-order valence-electron chi connectivity index (χ1n) is 8.30. The molecule has 1 atom stereocenters. The second-order valence-electron chi connectivity index (χ2n) is 6.00. The molecule has 1 unspecified atom stereocenters. The molecule has 1 saturated heterocycles. The van der Waals surface area contributed by atoms with E-state index in [0.717, 1.165) is 12.4 Å². The summed E-state index contributed by atoms with van der Waals surface area (Å²) in [5, 5.41) is 3.47. The van der Waals surface area contributed by atoms with Gasteiger partial charge in [-0.3, -0.25) is 0 Å². The zero-order chi connectivity index (χ0) is 15.2. The molecule has 4 heteroatoms. The molecule has 0 aromatic carbocycles. The first kappa shape index (κ1) is 16.2. The summed E-state index contributed by atoms with van der Waals surface area (Å²) < 4.78 is 0. The second kappa shape index (κ2) is 7.76. The maximum Gasteiger partial charge on any atom is 0.128 e. The van der Waals surface area contributed by atoms with E-state index in [0.29, 0.717) is 12.1 Å². The first-order chi connectivity index (χ1) is 10.2. The SMILES string of the molecule is CCNC(C)c1ccnc(N(C)C2CCN(CC)CC2)c1. The van der Waals surface area contributed by atoms with Gasteiger partial charge >= 0.3 is 0 Å². The van der Waals surface area contributed by atoms with Crippen LogP contribution in [-0.4, -0.2) is 49.2 Å². The number of pyridine rings is 1. The largest absolute Gasteiger partial charge is 0.357 e. The standard InChI is InChI=1S/C17H30N4/c1-5-18-14(3)15-7-10-19-17(13-15)20(4)16-8-11-21(6-2)12-9-16/h7,10,13-14,16,18H,5-6,8-9,11-12H2,1-4H3. The Labute approximate surface area is 129 Å². The highest BCUT2D eigenvalue weighted by molar-refractivity contribution is 5.42. The summed E-state index contributed by atoms with van der Waals surface area (Å²) in [4.78, 5) is 9.48. The van der Waals surface area contributed by atoms with Gasteiger partial charge in [0.25, 0.3) is 0 Å². The van der Waals surface area contributed by atoms with Crippen molar-refractivity contribution in [1.82, 2.24) is 15.2 Å². The van der Waals surface area contributed by atoms with Gasteiger partial charge in [0.2, 0.25) is 0 Å². The fourth-order valence-electron chi connectivity index (χ4n) is 3.13. The minimum atomic E-state index is 0.382. The van der Waals surface area contributed by atoms with E-state index in [2.05, 4.69) is 60.1 Å².